The summed E-state index contributed by atoms with van der Waals surface area (Å²) in [4.78, 5) is 23.7. The molecule has 2 rings (SSSR count). The van der Waals surface area contributed by atoms with Crippen LogP contribution in [0.5, 0.6) is 5.75 Å². The van der Waals surface area contributed by atoms with Gasteiger partial charge in [-0.3, -0.25) is 9.59 Å². The van der Waals surface area contributed by atoms with Gasteiger partial charge in [-0.15, -0.1) is 0 Å². The van der Waals surface area contributed by atoms with E-state index in [0.717, 1.165) is 5.76 Å². The van der Waals surface area contributed by atoms with Crippen molar-refractivity contribution in [2.24, 2.45) is 0 Å². The number of carbonyl (C=O) groups is 2. The minimum Gasteiger partial charge on any atom is -0.491 e. The highest BCUT2D eigenvalue weighted by Crippen LogP contribution is 2.13. The summed E-state index contributed by atoms with van der Waals surface area (Å²) < 4.78 is 10.7. The molecule has 0 saturated heterocycles. The first kappa shape index (κ1) is 17.6. The van der Waals surface area contributed by atoms with E-state index in [1.165, 1.54) is 0 Å². The molecule has 0 aliphatic heterocycles. The Hall–Kier alpha value is -2.76. The van der Waals surface area contributed by atoms with Crippen LogP contribution in [0.25, 0.3) is 0 Å². The van der Waals surface area contributed by atoms with Crippen LogP contribution in [0.1, 0.15) is 30.0 Å². The van der Waals surface area contributed by atoms with E-state index in [2.05, 4.69) is 10.6 Å². The van der Waals surface area contributed by atoms with Gasteiger partial charge < -0.3 is 19.8 Å². The Morgan fingerprint density at radius 1 is 1.12 bits per heavy atom. The molecule has 1 heterocycles. The van der Waals surface area contributed by atoms with Crippen molar-refractivity contribution >= 4 is 11.8 Å². The summed E-state index contributed by atoms with van der Waals surface area (Å²) in [5.74, 6) is 0.974. The Morgan fingerprint density at radius 3 is 2.50 bits per heavy atom. The lowest BCUT2D eigenvalue weighted by Gasteiger charge is -2.10. The van der Waals surface area contributed by atoms with Crippen LogP contribution in [0.4, 0.5) is 0 Å². The summed E-state index contributed by atoms with van der Waals surface area (Å²) in [7, 11) is 0. The van der Waals surface area contributed by atoms with E-state index in [4.69, 9.17) is 9.15 Å². The summed E-state index contributed by atoms with van der Waals surface area (Å²) >= 11 is 0. The lowest BCUT2D eigenvalue weighted by Crippen LogP contribution is -2.37. The van der Waals surface area contributed by atoms with Crippen molar-refractivity contribution < 1.29 is 18.7 Å². The molecule has 1 aromatic carbocycles. The molecular weight excluding hydrogens is 308 g/mol. The first-order valence-corrected chi connectivity index (χ1v) is 7.88. The first-order chi connectivity index (χ1) is 11.5. The second-order valence-corrected chi connectivity index (χ2v) is 5.55. The number of ether oxygens (including phenoxy) is 1. The van der Waals surface area contributed by atoms with Gasteiger partial charge in [0.1, 0.15) is 11.5 Å². The zero-order valence-electron chi connectivity index (χ0n) is 13.9. The van der Waals surface area contributed by atoms with E-state index in [9.17, 15) is 9.59 Å². The van der Waals surface area contributed by atoms with Crippen LogP contribution in [0.15, 0.2) is 47.1 Å². The molecular formula is C18H22N2O4. The van der Waals surface area contributed by atoms with Crippen molar-refractivity contribution in [3.63, 3.8) is 0 Å². The molecule has 0 aliphatic rings. The maximum Gasteiger partial charge on any atom is 0.251 e. The first-order valence-electron chi connectivity index (χ1n) is 7.88. The molecule has 2 aromatic rings. The summed E-state index contributed by atoms with van der Waals surface area (Å²) in [5.41, 5.74) is 0.481. The van der Waals surface area contributed by atoms with Gasteiger partial charge in [-0.2, -0.15) is 0 Å². The van der Waals surface area contributed by atoms with Crippen LogP contribution in [0.2, 0.25) is 0 Å². The van der Waals surface area contributed by atoms with Crippen LogP contribution >= 0.6 is 0 Å². The highest BCUT2D eigenvalue weighted by molar-refractivity contribution is 5.96. The standard InChI is InChI=1S/C18H22N2O4/c1-13(2)24-16-7-5-14(6-8-16)18(22)20-12-17(21)19-10-9-15-4-3-11-23-15/h3-8,11,13H,9-10,12H2,1-2H3,(H,19,21)(H,20,22). The molecule has 0 unspecified atom stereocenters. The van der Waals surface area contributed by atoms with E-state index in [-0.39, 0.29) is 24.5 Å². The maximum absolute atomic E-state index is 12.0. The Balaban J connectivity index is 1.70. The van der Waals surface area contributed by atoms with Crippen molar-refractivity contribution in [1.82, 2.24) is 10.6 Å². The fourth-order valence-electron chi connectivity index (χ4n) is 2.06. The number of amides is 2. The number of furan rings is 1. The highest BCUT2D eigenvalue weighted by atomic mass is 16.5. The van der Waals surface area contributed by atoms with Crippen molar-refractivity contribution in [2.75, 3.05) is 13.1 Å². The normalized spacial score (nSPS) is 10.5. The van der Waals surface area contributed by atoms with Crippen LogP contribution in [0, 0.1) is 0 Å². The van der Waals surface area contributed by atoms with E-state index in [1.807, 2.05) is 19.9 Å². The second kappa shape index (κ2) is 8.76. The number of hydrogen-bond donors (Lipinski definition) is 2. The number of carbonyl (C=O) groups excluding carboxylic acids is 2. The Kier molecular flexibility index (Phi) is 6.42. The van der Waals surface area contributed by atoms with E-state index in [0.29, 0.717) is 24.3 Å². The lowest BCUT2D eigenvalue weighted by molar-refractivity contribution is -0.120. The molecule has 0 spiro atoms. The van der Waals surface area contributed by atoms with Gasteiger partial charge >= 0.3 is 0 Å². The Bertz CT molecular complexity index is 648. The van der Waals surface area contributed by atoms with Gasteiger partial charge in [0.15, 0.2) is 0 Å². The van der Waals surface area contributed by atoms with Gasteiger partial charge in [0.25, 0.3) is 5.91 Å². The predicted octanol–water partition coefficient (Wildman–Crippen LogP) is 2.16. The number of nitrogens with one attached hydrogen (secondary N) is 2. The molecule has 24 heavy (non-hydrogen) atoms. The average Bonchev–Trinajstić information content (AvgIpc) is 3.06. The van der Waals surface area contributed by atoms with Crippen molar-refractivity contribution in [1.29, 1.82) is 0 Å². The number of benzene rings is 1. The minimum absolute atomic E-state index is 0.0682. The fraction of sp³-hybridized carbons (Fsp3) is 0.333. The van der Waals surface area contributed by atoms with Gasteiger partial charge in [-0.1, -0.05) is 0 Å². The molecule has 6 heteroatoms. The summed E-state index contributed by atoms with van der Waals surface area (Å²) in [6, 6.07) is 10.5. The molecule has 0 radical (unpaired) electrons. The monoisotopic (exact) mass is 330 g/mol. The zero-order chi connectivity index (χ0) is 17.4. The smallest absolute Gasteiger partial charge is 0.251 e. The summed E-state index contributed by atoms with van der Waals surface area (Å²) in [5, 5.41) is 5.31. The van der Waals surface area contributed by atoms with E-state index < -0.39 is 0 Å². The molecule has 0 fully saturated rings. The van der Waals surface area contributed by atoms with E-state index in [1.54, 1.807) is 36.6 Å². The summed E-state index contributed by atoms with van der Waals surface area (Å²) in [6.45, 7) is 4.26. The predicted molar refractivity (Wildman–Crippen MR) is 90.0 cm³/mol. The second-order valence-electron chi connectivity index (χ2n) is 5.55. The highest BCUT2D eigenvalue weighted by Gasteiger charge is 2.08. The van der Waals surface area contributed by atoms with Crippen LogP contribution in [-0.4, -0.2) is 31.0 Å². The Labute approximate surface area is 141 Å². The van der Waals surface area contributed by atoms with Gasteiger partial charge in [-0.05, 0) is 50.2 Å². The minimum atomic E-state index is -0.299. The van der Waals surface area contributed by atoms with Crippen molar-refractivity contribution in [3.8, 4) is 5.75 Å². The molecule has 6 nitrogen and oxygen atoms in total. The molecule has 2 amide bonds. The van der Waals surface area contributed by atoms with Crippen LogP contribution in [-0.2, 0) is 11.2 Å². The quantitative estimate of drug-likeness (QED) is 0.777. The topological polar surface area (TPSA) is 80.6 Å². The Morgan fingerprint density at radius 2 is 1.88 bits per heavy atom. The van der Waals surface area contributed by atoms with Crippen molar-refractivity contribution in [3.05, 3.63) is 54.0 Å². The van der Waals surface area contributed by atoms with Gasteiger partial charge in [0.2, 0.25) is 5.91 Å². The largest absolute Gasteiger partial charge is 0.491 e. The number of rotatable bonds is 8. The number of hydrogen-bond acceptors (Lipinski definition) is 4. The average molecular weight is 330 g/mol. The van der Waals surface area contributed by atoms with Gasteiger partial charge in [-0.25, -0.2) is 0 Å². The van der Waals surface area contributed by atoms with Gasteiger partial charge in [0.05, 0.1) is 18.9 Å². The van der Waals surface area contributed by atoms with Crippen molar-refractivity contribution in [2.45, 2.75) is 26.4 Å². The molecule has 2 N–H and O–H groups in total. The zero-order valence-corrected chi connectivity index (χ0v) is 13.9. The molecule has 128 valence electrons. The third kappa shape index (κ3) is 5.79. The summed E-state index contributed by atoms with van der Waals surface area (Å²) in [6.07, 6.45) is 2.29. The van der Waals surface area contributed by atoms with Crippen LogP contribution in [0.3, 0.4) is 0 Å². The lowest BCUT2D eigenvalue weighted by atomic mass is 10.2. The fourth-order valence-corrected chi connectivity index (χ4v) is 2.06. The third-order valence-electron chi connectivity index (χ3n) is 3.17. The molecule has 1 aromatic heterocycles. The molecule has 0 atom stereocenters. The SMILES string of the molecule is CC(C)Oc1ccc(C(=O)NCC(=O)NCCc2ccco2)cc1. The maximum atomic E-state index is 12.0. The molecule has 0 saturated carbocycles. The van der Waals surface area contributed by atoms with E-state index >= 15 is 0 Å². The van der Waals surface area contributed by atoms with Crippen LogP contribution < -0.4 is 15.4 Å². The molecule has 0 aliphatic carbocycles. The third-order valence-corrected chi connectivity index (χ3v) is 3.17. The van der Waals surface area contributed by atoms with Gasteiger partial charge in [0, 0.05) is 18.5 Å². The molecule has 0 bridgehead atoms.